The molecule has 0 atom stereocenters. The number of halogens is 1. The van der Waals surface area contributed by atoms with E-state index in [9.17, 15) is 4.39 Å². The summed E-state index contributed by atoms with van der Waals surface area (Å²) in [6.45, 7) is 6.26. The molecule has 2 aromatic rings. The summed E-state index contributed by atoms with van der Waals surface area (Å²) in [5, 5.41) is 6.36. The van der Waals surface area contributed by atoms with Crippen molar-refractivity contribution in [3.63, 3.8) is 0 Å². The summed E-state index contributed by atoms with van der Waals surface area (Å²) in [6.07, 6.45) is 0. The van der Waals surface area contributed by atoms with Crippen molar-refractivity contribution in [1.82, 2.24) is 15.2 Å². The van der Waals surface area contributed by atoms with Gasteiger partial charge >= 0.3 is 0 Å². The zero-order chi connectivity index (χ0) is 18.5. The molecule has 6 nitrogen and oxygen atoms in total. The van der Waals surface area contributed by atoms with E-state index in [0.717, 1.165) is 34.3 Å². The van der Waals surface area contributed by atoms with Crippen LogP contribution in [0.5, 0.6) is 5.75 Å². The Kier molecular flexibility index (Phi) is 6.05. The van der Waals surface area contributed by atoms with Crippen molar-refractivity contribution in [3.8, 4) is 5.75 Å². The van der Waals surface area contributed by atoms with Crippen molar-refractivity contribution in [2.75, 3.05) is 20.4 Å². The maximum absolute atomic E-state index is 13.9. The molecule has 0 aliphatic carbocycles. The maximum atomic E-state index is 13.9. The number of benzene rings is 1. The van der Waals surface area contributed by atoms with Crippen LogP contribution in [0.2, 0.25) is 0 Å². The Hall–Kier alpha value is -2.19. The predicted molar refractivity (Wildman–Crippen MR) is 99.8 cm³/mol. The van der Waals surface area contributed by atoms with Crippen molar-refractivity contribution < 1.29 is 13.9 Å². The van der Waals surface area contributed by atoms with Crippen LogP contribution in [0.3, 0.4) is 0 Å². The minimum absolute atomic E-state index is 0.179. The Morgan fingerprint density at radius 3 is 3.04 bits per heavy atom. The summed E-state index contributed by atoms with van der Waals surface area (Å²) < 4.78 is 24.7. The number of nitrogens with one attached hydrogen (secondary N) is 1. The van der Waals surface area contributed by atoms with Crippen LogP contribution < -0.4 is 10.1 Å². The number of aliphatic imine (C=N–C) groups is 1. The molecule has 140 valence electrons. The van der Waals surface area contributed by atoms with Crippen LogP contribution in [0.25, 0.3) is 0 Å². The number of rotatable bonds is 5. The van der Waals surface area contributed by atoms with Crippen LogP contribution in [-0.2, 0) is 24.4 Å². The Bertz CT molecular complexity index is 793. The molecule has 0 spiro atoms. The second kappa shape index (κ2) is 8.46. The average molecular weight is 378 g/mol. The molecular formula is C18H23FN4O2S. The number of aromatic nitrogens is 1. The zero-order valence-electron chi connectivity index (χ0n) is 15.2. The van der Waals surface area contributed by atoms with Crippen LogP contribution in [0.1, 0.15) is 28.8 Å². The van der Waals surface area contributed by atoms with E-state index in [1.165, 1.54) is 12.1 Å². The molecule has 1 aromatic heterocycles. The number of hydrogen-bond acceptors (Lipinski definition) is 5. The lowest BCUT2D eigenvalue weighted by Crippen LogP contribution is -2.38. The second-order valence-corrected chi connectivity index (χ2v) is 7.11. The molecule has 0 bridgehead atoms. The minimum Gasteiger partial charge on any atom is -0.467 e. The number of fused-ring (bicyclic) bond motifs is 1. The molecule has 1 aliphatic rings. The Labute approximate surface area is 156 Å². The van der Waals surface area contributed by atoms with Gasteiger partial charge in [0.2, 0.25) is 0 Å². The molecule has 0 amide bonds. The van der Waals surface area contributed by atoms with Crippen molar-refractivity contribution in [3.05, 3.63) is 45.2 Å². The third-order valence-electron chi connectivity index (χ3n) is 3.91. The first kappa shape index (κ1) is 18.6. The van der Waals surface area contributed by atoms with Gasteiger partial charge in [-0.05, 0) is 26.0 Å². The first-order valence-corrected chi connectivity index (χ1v) is 9.37. The number of hydrogen-bond donors (Lipinski definition) is 1. The number of nitrogens with zero attached hydrogens (tertiary/aromatic N) is 3. The van der Waals surface area contributed by atoms with Gasteiger partial charge in [-0.25, -0.2) is 14.4 Å². The third kappa shape index (κ3) is 4.50. The van der Waals surface area contributed by atoms with E-state index in [-0.39, 0.29) is 12.6 Å². The molecule has 0 fully saturated rings. The van der Waals surface area contributed by atoms with Gasteiger partial charge in [0.05, 0.1) is 30.4 Å². The lowest BCUT2D eigenvalue weighted by atomic mass is 10.1. The number of aryl methyl sites for hydroxylation is 1. The predicted octanol–water partition coefficient (Wildman–Crippen LogP) is 3.05. The first-order valence-electron chi connectivity index (χ1n) is 8.49. The molecule has 1 N–H and O–H groups in total. The van der Waals surface area contributed by atoms with Gasteiger partial charge in [-0.3, -0.25) is 0 Å². The molecule has 0 saturated heterocycles. The summed E-state index contributed by atoms with van der Waals surface area (Å²) in [5.74, 6) is 1.11. The Morgan fingerprint density at radius 2 is 2.31 bits per heavy atom. The van der Waals surface area contributed by atoms with Gasteiger partial charge in [-0.2, -0.15) is 0 Å². The van der Waals surface area contributed by atoms with Gasteiger partial charge in [0.25, 0.3) is 0 Å². The lowest BCUT2D eigenvalue weighted by molar-refractivity contribution is -0.0172. The van der Waals surface area contributed by atoms with E-state index in [1.54, 1.807) is 11.3 Å². The zero-order valence-corrected chi connectivity index (χ0v) is 16.0. The van der Waals surface area contributed by atoms with E-state index in [1.807, 2.05) is 31.2 Å². The SMILES string of the molecule is CCNC(=NCc1cc(F)cc2c1OCOC2)N(C)Cc1csc(C)n1. The maximum Gasteiger partial charge on any atom is 0.194 e. The summed E-state index contributed by atoms with van der Waals surface area (Å²) in [4.78, 5) is 11.2. The van der Waals surface area contributed by atoms with Crippen molar-refractivity contribution in [2.24, 2.45) is 4.99 Å². The van der Waals surface area contributed by atoms with E-state index in [4.69, 9.17) is 9.47 Å². The number of ether oxygens (including phenoxy) is 2. The van der Waals surface area contributed by atoms with Crippen LogP contribution in [0.4, 0.5) is 4.39 Å². The molecule has 1 aromatic carbocycles. The highest BCUT2D eigenvalue weighted by Gasteiger charge is 2.17. The summed E-state index contributed by atoms with van der Waals surface area (Å²) in [7, 11) is 1.96. The lowest BCUT2D eigenvalue weighted by Gasteiger charge is -2.22. The van der Waals surface area contributed by atoms with Gasteiger partial charge in [0.1, 0.15) is 11.6 Å². The summed E-state index contributed by atoms with van der Waals surface area (Å²) in [6, 6.07) is 2.92. The molecule has 0 radical (unpaired) electrons. The van der Waals surface area contributed by atoms with Gasteiger partial charge in [-0.15, -0.1) is 11.3 Å². The minimum atomic E-state index is -0.306. The summed E-state index contributed by atoms with van der Waals surface area (Å²) >= 11 is 1.63. The van der Waals surface area contributed by atoms with Gasteiger partial charge < -0.3 is 19.7 Å². The molecule has 3 rings (SSSR count). The molecule has 26 heavy (non-hydrogen) atoms. The van der Waals surface area contributed by atoms with Gasteiger partial charge in [-0.1, -0.05) is 0 Å². The first-order chi connectivity index (χ1) is 12.6. The van der Waals surface area contributed by atoms with Crippen LogP contribution in [0.15, 0.2) is 22.5 Å². The van der Waals surface area contributed by atoms with Crippen molar-refractivity contribution in [2.45, 2.75) is 33.5 Å². The van der Waals surface area contributed by atoms with Gasteiger partial charge in [0, 0.05) is 30.1 Å². The second-order valence-electron chi connectivity index (χ2n) is 6.05. The Morgan fingerprint density at radius 1 is 1.46 bits per heavy atom. The van der Waals surface area contributed by atoms with E-state index >= 15 is 0 Å². The molecule has 1 aliphatic heterocycles. The highest BCUT2D eigenvalue weighted by molar-refractivity contribution is 7.09. The highest BCUT2D eigenvalue weighted by Crippen LogP contribution is 2.30. The van der Waals surface area contributed by atoms with E-state index < -0.39 is 0 Å². The number of thiazole rings is 1. The Balaban J connectivity index is 1.78. The quantitative estimate of drug-likeness (QED) is 0.640. The normalized spacial score (nSPS) is 13.9. The van der Waals surface area contributed by atoms with Crippen molar-refractivity contribution >= 4 is 17.3 Å². The monoisotopic (exact) mass is 378 g/mol. The fourth-order valence-corrected chi connectivity index (χ4v) is 3.41. The largest absolute Gasteiger partial charge is 0.467 e. The van der Waals surface area contributed by atoms with Crippen LogP contribution >= 0.6 is 11.3 Å². The molecular weight excluding hydrogens is 355 g/mol. The number of guanidine groups is 1. The molecule has 2 heterocycles. The van der Waals surface area contributed by atoms with E-state index in [0.29, 0.717) is 25.4 Å². The molecule has 8 heteroatoms. The third-order valence-corrected chi connectivity index (χ3v) is 4.74. The highest BCUT2D eigenvalue weighted by atomic mass is 32.1. The standard InChI is InChI=1S/C18H23FN4O2S/c1-4-20-18(23(3)8-16-10-26-12(2)22-16)21-7-13-5-15(19)6-14-9-24-11-25-17(13)14/h5-6,10H,4,7-9,11H2,1-3H3,(H,20,21). The fraction of sp³-hybridized carbons (Fsp3) is 0.444. The smallest absolute Gasteiger partial charge is 0.194 e. The topological polar surface area (TPSA) is 59.0 Å². The average Bonchev–Trinajstić information content (AvgIpc) is 3.02. The molecule has 0 unspecified atom stereocenters. The van der Waals surface area contributed by atoms with E-state index in [2.05, 4.69) is 15.3 Å². The van der Waals surface area contributed by atoms with Crippen molar-refractivity contribution in [1.29, 1.82) is 0 Å². The van der Waals surface area contributed by atoms with Crippen LogP contribution in [0, 0.1) is 12.7 Å². The fourth-order valence-electron chi connectivity index (χ4n) is 2.80. The van der Waals surface area contributed by atoms with Gasteiger partial charge in [0.15, 0.2) is 12.8 Å². The molecule has 0 saturated carbocycles. The van der Waals surface area contributed by atoms with Crippen LogP contribution in [-0.4, -0.2) is 36.2 Å². The summed E-state index contributed by atoms with van der Waals surface area (Å²) in [5.41, 5.74) is 2.44.